The molecule has 0 fully saturated rings. The van der Waals surface area contributed by atoms with E-state index in [0.717, 1.165) is 11.3 Å². The number of pyridine rings is 1. The number of nitrogens with zero attached hydrogens (tertiary/aromatic N) is 3. The number of ketones is 1. The molecule has 0 unspecified atom stereocenters. The number of ether oxygens (including phenoxy) is 1. The lowest BCUT2D eigenvalue weighted by atomic mass is 10.1. The van der Waals surface area contributed by atoms with Gasteiger partial charge in [0, 0.05) is 18.8 Å². The van der Waals surface area contributed by atoms with Crippen LogP contribution >= 0.6 is 0 Å². The number of aromatic nitrogens is 3. The Hall–Kier alpha value is -3.48. The Morgan fingerprint density at radius 3 is 2.61 bits per heavy atom. The SMILES string of the molecule is CCOc1cc(CNC(=O)C(=O)c2c(C)nn(-c3ccccc3)c2C)ccn1. The fourth-order valence-electron chi connectivity index (χ4n) is 2.96. The number of benzene rings is 1. The number of rotatable bonds is 7. The van der Waals surface area contributed by atoms with Crippen LogP contribution in [0.2, 0.25) is 0 Å². The van der Waals surface area contributed by atoms with Gasteiger partial charge in [-0.2, -0.15) is 5.10 Å². The predicted octanol–water partition coefficient (Wildman–Crippen LogP) is 2.78. The zero-order chi connectivity index (χ0) is 20.1. The first-order chi connectivity index (χ1) is 13.5. The van der Waals surface area contributed by atoms with Crippen LogP contribution in [-0.2, 0) is 11.3 Å². The van der Waals surface area contributed by atoms with Gasteiger partial charge in [-0.25, -0.2) is 9.67 Å². The fraction of sp³-hybridized carbons (Fsp3) is 0.238. The summed E-state index contributed by atoms with van der Waals surface area (Å²) in [5.74, 6) is -0.791. The summed E-state index contributed by atoms with van der Waals surface area (Å²) in [6, 6.07) is 13.0. The van der Waals surface area contributed by atoms with Crippen LogP contribution in [0.4, 0.5) is 0 Å². The summed E-state index contributed by atoms with van der Waals surface area (Å²) < 4.78 is 7.02. The topological polar surface area (TPSA) is 86.1 Å². The summed E-state index contributed by atoms with van der Waals surface area (Å²) in [4.78, 5) is 29.2. The number of Topliss-reactive ketones (excluding diaryl/α,β-unsaturated/α-hetero) is 1. The number of carbonyl (C=O) groups is 2. The lowest BCUT2D eigenvalue weighted by Gasteiger charge is -2.07. The van der Waals surface area contributed by atoms with Gasteiger partial charge in [-0.05, 0) is 44.5 Å². The molecule has 0 atom stereocenters. The van der Waals surface area contributed by atoms with Crippen molar-refractivity contribution in [2.75, 3.05) is 6.61 Å². The molecule has 0 aliphatic heterocycles. The van der Waals surface area contributed by atoms with Gasteiger partial charge in [0.2, 0.25) is 5.88 Å². The Labute approximate surface area is 163 Å². The molecule has 2 heterocycles. The van der Waals surface area contributed by atoms with E-state index in [9.17, 15) is 9.59 Å². The summed E-state index contributed by atoms with van der Waals surface area (Å²) >= 11 is 0. The van der Waals surface area contributed by atoms with Crippen LogP contribution in [0, 0.1) is 13.8 Å². The molecule has 3 rings (SSSR count). The lowest BCUT2D eigenvalue weighted by Crippen LogP contribution is -2.31. The van der Waals surface area contributed by atoms with Gasteiger partial charge >= 0.3 is 0 Å². The fourth-order valence-corrected chi connectivity index (χ4v) is 2.96. The maximum atomic E-state index is 12.7. The van der Waals surface area contributed by atoms with E-state index in [0.29, 0.717) is 29.4 Å². The molecular formula is C21H22N4O3. The van der Waals surface area contributed by atoms with E-state index in [-0.39, 0.29) is 6.54 Å². The Bertz CT molecular complexity index is 996. The van der Waals surface area contributed by atoms with Crippen molar-refractivity contribution < 1.29 is 14.3 Å². The van der Waals surface area contributed by atoms with E-state index in [4.69, 9.17) is 4.74 Å². The minimum absolute atomic E-state index is 0.206. The third-order valence-electron chi connectivity index (χ3n) is 4.27. The summed E-state index contributed by atoms with van der Waals surface area (Å²) in [6.45, 7) is 6.09. The monoisotopic (exact) mass is 378 g/mol. The summed E-state index contributed by atoms with van der Waals surface area (Å²) in [7, 11) is 0. The number of para-hydroxylation sites is 1. The van der Waals surface area contributed by atoms with E-state index < -0.39 is 11.7 Å². The molecule has 0 aliphatic carbocycles. The van der Waals surface area contributed by atoms with Crippen molar-refractivity contribution in [3.05, 3.63) is 71.2 Å². The standard InChI is InChI=1S/C21H22N4O3/c1-4-28-18-12-16(10-11-22-18)13-23-21(27)20(26)19-14(2)24-25(15(19)3)17-8-6-5-7-9-17/h5-12H,4,13H2,1-3H3,(H,23,27). The van der Waals surface area contributed by atoms with Crippen molar-refractivity contribution in [2.45, 2.75) is 27.3 Å². The number of hydrogen-bond acceptors (Lipinski definition) is 5. The van der Waals surface area contributed by atoms with Crippen molar-refractivity contribution in [1.82, 2.24) is 20.1 Å². The second-order valence-electron chi connectivity index (χ2n) is 6.24. The average Bonchev–Trinajstić information content (AvgIpc) is 3.01. The molecule has 1 aromatic carbocycles. The Morgan fingerprint density at radius 1 is 1.14 bits per heavy atom. The normalized spacial score (nSPS) is 10.5. The highest BCUT2D eigenvalue weighted by molar-refractivity contribution is 6.43. The van der Waals surface area contributed by atoms with E-state index in [1.54, 1.807) is 36.9 Å². The molecule has 144 valence electrons. The molecule has 0 spiro atoms. The molecule has 3 aromatic rings. The van der Waals surface area contributed by atoms with Crippen molar-refractivity contribution in [3.63, 3.8) is 0 Å². The number of amides is 1. The van der Waals surface area contributed by atoms with E-state index in [1.807, 2.05) is 37.3 Å². The molecule has 0 radical (unpaired) electrons. The van der Waals surface area contributed by atoms with Gasteiger partial charge in [0.1, 0.15) is 0 Å². The molecule has 1 N–H and O–H groups in total. The van der Waals surface area contributed by atoms with Gasteiger partial charge < -0.3 is 10.1 Å². The zero-order valence-electron chi connectivity index (χ0n) is 16.1. The Balaban J connectivity index is 1.74. The molecule has 7 heteroatoms. The van der Waals surface area contributed by atoms with Gasteiger partial charge in [0.25, 0.3) is 11.7 Å². The molecule has 1 amide bonds. The third-order valence-corrected chi connectivity index (χ3v) is 4.27. The van der Waals surface area contributed by atoms with Crippen molar-refractivity contribution in [1.29, 1.82) is 0 Å². The second-order valence-corrected chi connectivity index (χ2v) is 6.24. The van der Waals surface area contributed by atoms with Crippen LogP contribution in [0.25, 0.3) is 5.69 Å². The molecular weight excluding hydrogens is 356 g/mol. The number of carbonyl (C=O) groups excluding carboxylic acids is 2. The lowest BCUT2D eigenvalue weighted by molar-refractivity contribution is -0.117. The predicted molar refractivity (Wildman–Crippen MR) is 105 cm³/mol. The third kappa shape index (κ3) is 4.09. The first-order valence-electron chi connectivity index (χ1n) is 9.03. The van der Waals surface area contributed by atoms with Gasteiger partial charge in [0.05, 0.1) is 29.2 Å². The van der Waals surface area contributed by atoms with Crippen molar-refractivity contribution in [2.24, 2.45) is 0 Å². The van der Waals surface area contributed by atoms with Crippen LogP contribution < -0.4 is 10.1 Å². The van der Waals surface area contributed by atoms with Crippen LogP contribution in [0.5, 0.6) is 5.88 Å². The Morgan fingerprint density at radius 2 is 1.89 bits per heavy atom. The molecule has 0 saturated heterocycles. The maximum absolute atomic E-state index is 12.7. The van der Waals surface area contributed by atoms with Crippen LogP contribution in [0.1, 0.15) is 34.2 Å². The van der Waals surface area contributed by atoms with Crippen LogP contribution in [0.15, 0.2) is 48.7 Å². The molecule has 7 nitrogen and oxygen atoms in total. The largest absolute Gasteiger partial charge is 0.478 e. The average molecular weight is 378 g/mol. The van der Waals surface area contributed by atoms with Gasteiger partial charge in [-0.15, -0.1) is 0 Å². The highest BCUT2D eigenvalue weighted by atomic mass is 16.5. The van der Waals surface area contributed by atoms with Gasteiger partial charge in [-0.1, -0.05) is 18.2 Å². The van der Waals surface area contributed by atoms with E-state index >= 15 is 0 Å². The zero-order valence-corrected chi connectivity index (χ0v) is 16.1. The molecule has 2 aromatic heterocycles. The van der Waals surface area contributed by atoms with Crippen LogP contribution in [0.3, 0.4) is 0 Å². The van der Waals surface area contributed by atoms with E-state index in [2.05, 4.69) is 15.4 Å². The Kier molecular flexibility index (Phi) is 5.84. The van der Waals surface area contributed by atoms with E-state index in [1.165, 1.54) is 0 Å². The highest BCUT2D eigenvalue weighted by Gasteiger charge is 2.24. The summed E-state index contributed by atoms with van der Waals surface area (Å²) in [5, 5.41) is 7.09. The first kappa shape index (κ1) is 19.3. The molecule has 0 aliphatic rings. The first-order valence-corrected chi connectivity index (χ1v) is 9.03. The summed E-state index contributed by atoms with van der Waals surface area (Å²) in [5.41, 5.74) is 3.11. The molecule has 0 bridgehead atoms. The quantitative estimate of drug-likeness (QED) is 0.505. The van der Waals surface area contributed by atoms with Gasteiger partial charge in [0.15, 0.2) is 0 Å². The number of hydrogen-bond donors (Lipinski definition) is 1. The number of nitrogens with one attached hydrogen (secondary N) is 1. The van der Waals surface area contributed by atoms with Crippen molar-refractivity contribution in [3.8, 4) is 11.6 Å². The molecule has 0 saturated carbocycles. The molecule has 28 heavy (non-hydrogen) atoms. The minimum Gasteiger partial charge on any atom is -0.478 e. The smallest absolute Gasteiger partial charge is 0.292 e. The maximum Gasteiger partial charge on any atom is 0.292 e. The van der Waals surface area contributed by atoms with Crippen molar-refractivity contribution >= 4 is 11.7 Å². The van der Waals surface area contributed by atoms with Crippen LogP contribution in [-0.4, -0.2) is 33.1 Å². The second kappa shape index (κ2) is 8.47. The number of aryl methyl sites for hydroxylation is 1. The summed E-state index contributed by atoms with van der Waals surface area (Å²) in [6.07, 6.45) is 1.60. The van der Waals surface area contributed by atoms with Gasteiger partial charge in [-0.3, -0.25) is 9.59 Å². The highest BCUT2D eigenvalue weighted by Crippen LogP contribution is 2.18. The minimum atomic E-state index is -0.673.